The summed E-state index contributed by atoms with van der Waals surface area (Å²) in [5, 5.41) is 4.76. The van der Waals surface area contributed by atoms with Crippen LogP contribution in [0.5, 0.6) is 0 Å². The average molecular weight is 279 g/mol. The molecule has 0 saturated heterocycles. The van der Waals surface area contributed by atoms with Crippen LogP contribution in [0.25, 0.3) is 0 Å². The quantitative estimate of drug-likeness (QED) is 0.895. The van der Waals surface area contributed by atoms with E-state index in [2.05, 4.69) is 35.4 Å². The third-order valence-corrected chi connectivity index (χ3v) is 5.53. The summed E-state index contributed by atoms with van der Waals surface area (Å²) in [6, 6.07) is 1.47. The molecule has 0 spiro atoms. The Morgan fingerprint density at radius 1 is 1.37 bits per heavy atom. The van der Waals surface area contributed by atoms with Crippen LogP contribution in [-0.4, -0.2) is 24.1 Å². The lowest BCUT2D eigenvalue weighted by Crippen LogP contribution is -2.35. The van der Waals surface area contributed by atoms with Crippen LogP contribution in [0.15, 0.2) is 6.20 Å². The number of aromatic nitrogens is 1. The third kappa shape index (κ3) is 3.48. The second-order valence-corrected chi connectivity index (χ2v) is 7.39. The van der Waals surface area contributed by atoms with E-state index in [0.29, 0.717) is 6.04 Å². The highest BCUT2D eigenvalue weighted by Crippen LogP contribution is 2.31. The molecule has 1 aromatic rings. The highest BCUT2D eigenvalue weighted by molar-refractivity contribution is 7.15. The maximum Gasteiger partial charge on any atom is 0.185 e. The van der Waals surface area contributed by atoms with Crippen LogP contribution in [0.3, 0.4) is 0 Å². The first-order valence-corrected chi connectivity index (χ1v) is 8.45. The number of rotatable bonds is 5. The van der Waals surface area contributed by atoms with Crippen molar-refractivity contribution in [1.29, 1.82) is 0 Å². The molecule has 0 amide bonds. The molecule has 2 unspecified atom stereocenters. The van der Waals surface area contributed by atoms with Gasteiger partial charge in [-0.25, -0.2) is 4.98 Å². The Morgan fingerprint density at radius 2 is 2.21 bits per heavy atom. The fraction of sp³-hybridized carbons (Fsp3) is 0.800. The van der Waals surface area contributed by atoms with E-state index in [9.17, 15) is 0 Å². The molecule has 1 N–H and O–H groups in total. The van der Waals surface area contributed by atoms with Crippen LogP contribution in [0, 0.1) is 5.92 Å². The van der Waals surface area contributed by atoms with E-state index in [1.807, 2.05) is 11.3 Å². The van der Waals surface area contributed by atoms with Crippen molar-refractivity contribution in [2.45, 2.75) is 64.1 Å². The molecule has 0 aromatic carbocycles. The maximum absolute atomic E-state index is 4.62. The van der Waals surface area contributed by atoms with Crippen molar-refractivity contribution in [3.05, 3.63) is 11.1 Å². The highest BCUT2D eigenvalue weighted by Gasteiger charge is 2.24. The van der Waals surface area contributed by atoms with E-state index in [1.54, 1.807) is 0 Å². The Kier molecular flexibility index (Phi) is 4.08. The van der Waals surface area contributed by atoms with Crippen molar-refractivity contribution in [1.82, 2.24) is 10.3 Å². The van der Waals surface area contributed by atoms with Gasteiger partial charge in [-0.15, -0.1) is 11.3 Å². The van der Waals surface area contributed by atoms with Gasteiger partial charge in [-0.2, -0.15) is 0 Å². The van der Waals surface area contributed by atoms with Crippen LogP contribution in [0.2, 0.25) is 0 Å². The van der Waals surface area contributed by atoms with Gasteiger partial charge < -0.3 is 10.2 Å². The summed E-state index contributed by atoms with van der Waals surface area (Å²) in [5.74, 6) is 0.872. The fourth-order valence-electron chi connectivity index (χ4n) is 2.98. The van der Waals surface area contributed by atoms with Gasteiger partial charge in [-0.1, -0.05) is 19.8 Å². The predicted molar refractivity (Wildman–Crippen MR) is 81.8 cm³/mol. The first kappa shape index (κ1) is 13.4. The first-order chi connectivity index (χ1) is 9.22. The molecule has 2 aliphatic carbocycles. The van der Waals surface area contributed by atoms with E-state index < -0.39 is 0 Å². The van der Waals surface area contributed by atoms with Crippen molar-refractivity contribution in [3.8, 4) is 0 Å². The Hall–Kier alpha value is -0.610. The molecule has 3 nitrogen and oxygen atoms in total. The van der Waals surface area contributed by atoms with E-state index >= 15 is 0 Å². The molecule has 2 atom stereocenters. The summed E-state index contributed by atoms with van der Waals surface area (Å²) in [7, 11) is 2.22. The molecule has 3 rings (SSSR count). The number of thiazole rings is 1. The standard InChI is InChI=1S/C15H25N3S/c1-11-4-3-5-13(8-11)18(2)15-17-10-14(19-15)9-16-12-6-7-12/h10-13,16H,3-9H2,1-2H3. The maximum atomic E-state index is 4.62. The van der Waals surface area contributed by atoms with Crippen molar-refractivity contribution in [2.75, 3.05) is 11.9 Å². The number of nitrogens with zero attached hydrogens (tertiary/aromatic N) is 2. The third-order valence-electron chi connectivity index (χ3n) is 4.44. The van der Waals surface area contributed by atoms with Crippen molar-refractivity contribution in [2.24, 2.45) is 5.92 Å². The monoisotopic (exact) mass is 279 g/mol. The molecule has 19 heavy (non-hydrogen) atoms. The van der Waals surface area contributed by atoms with Gasteiger partial charge in [0.05, 0.1) is 0 Å². The van der Waals surface area contributed by atoms with Crippen LogP contribution in [0.4, 0.5) is 5.13 Å². The van der Waals surface area contributed by atoms with Gasteiger partial charge in [-0.3, -0.25) is 0 Å². The number of hydrogen-bond donors (Lipinski definition) is 1. The fourth-order valence-corrected chi connectivity index (χ4v) is 3.88. The molecule has 106 valence electrons. The Balaban J connectivity index is 1.57. The summed E-state index contributed by atoms with van der Waals surface area (Å²) in [4.78, 5) is 8.41. The molecule has 2 aliphatic rings. The zero-order valence-corrected chi connectivity index (χ0v) is 12.9. The van der Waals surface area contributed by atoms with Gasteiger partial charge >= 0.3 is 0 Å². The summed E-state index contributed by atoms with van der Waals surface area (Å²) >= 11 is 1.86. The minimum Gasteiger partial charge on any atom is -0.348 e. The minimum atomic E-state index is 0.694. The van der Waals surface area contributed by atoms with Crippen molar-refractivity contribution in [3.63, 3.8) is 0 Å². The lowest BCUT2D eigenvalue weighted by atomic mass is 9.86. The lowest BCUT2D eigenvalue weighted by Gasteiger charge is -2.33. The Labute approximate surface area is 120 Å². The van der Waals surface area contributed by atoms with E-state index in [1.165, 1.54) is 48.5 Å². The topological polar surface area (TPSA) is 28.2 Å². The van der Waals surface area contributed by atoms with Crippen molar-refractivity contribution < 1.29 is 0 Å². The van der Waals surface area contributed by atoms with Gasteiger partial charge in [0.1, 0.15) is 0 Å². The first-order valence-electron chi connectivity index (χ1n) is 7.63. The summed E-state index contributed by atoms with van der Waals surface area (Å²) < 4.78 is 0. The van der Waals surface area contributed by atoms with Crippen LogP contribution in [0.1, 0.15) is 50.3 Å². The summed E-state index contributed by atoms with van der Waals surface area (Å²) in [5.41, 5.74) is 0. The molecule has 1 heterocycles. The summed E-state index contributed by atoms with van der Waals surface area (Å²) in [6.45, 7) is 3.38. The molecule has 2 fully saturated rings. The largest absolute Gasteiger partial charge is 0.348 e. The van der Waals surface area contributed by atoms with Gasteiger partial charge in [0, 0.05) is 36.8 Å². The zero-order chi connectivity index (χ0) is 13.2. The highest BCUT2D eigenvalue weighted by atomic mass is 32.1. The van der Waals surface area contributed by atoms with Crippen LogP contribution in [-0.2, 0) is 6.54 Å². The lowest BCUT2D eigenvalue weighted by molar-refractivity contribution is 0.336. The average Bonchev–Trinajstić information content (AvgIpc) is 3.13. The Morgan fingerprint density at radius 3 is 2.95 bits per heavy atom. The van der Waals surface area contributed by atoms with Gasteiger partial charge in [-0.05, 0) is 31.6 Å². The van der Waals surface area contributed by atoms with Gasteiger partial charge in [0.2, 0.25) is 0 Å². The SMILES string of the molecule is CC1CCCC(N(C)c2ncc(CNC3CC3)s2)C1. The van der Waals surface area contributed by atoms with Crippen LogP contribution >= 0.6 is 11.3 Å². The normalized spacial score (nSPS) is 27.5. The smallest absolute Gasteiger partial charge is 0.185 e. The predicted octanol–water partition coefficient (Wildman–Crippen LogP) is 3.41. The van der Waals surface area contributed by atoms with Crippen molar-refractivity contribution >= 4 is 16.5 Å². The molecule has 0 bridgehead atoms. The number of hydrogen-bond acceptors (Lipinski definition) is 4. The molecule has 0 radical (unpaired) electrons. The second kappa shape index (κ2) is 5.80. The molecule has 1 aromatic heterocycles. The van der Waals surface area contributed by atoms with Gasteiger partial charge in [0.25, 0.3) is 0 Å². The number of anilines is 1. The number of nitrogens with one attached hydrogen (secondary N) is 1. The van der Waals surface area contributed by atoms with E-state index in [4.69, 9.17) is 0 Å². The van der Waals surface area contributed by atoms with Crippen LogP contribution < -0.4 is 10.2 Å². The molecule has 0 aliphatic heterocycles. The van der Waals surface area contributed by atoms with Gasteiger partial charge in [0.15, 0.2) is 5.13 Å². The molecular weight excluding hydrogens is 254 g/mol. The Bertz CT molecular complexity index is 413. The zero-order valence-electron chi connectivity index (χ0n) is 12.1. The van der Waals surface area contributed by atoms with E-state index in [-0.39, 0.29) is 0 Å². The minimum absolute atomic E-state index is 0.694. The molecule has 2 saturated carbocycles. The molecule has 4 heteroatoms. The van der Waals surface area contributed by atoms with E-state index in [0.717, 1.165) is 18.5 Å². The summed E-state index contributed by atoms with van der Waals surface area (Å²) in [6.07, 6.45) is 10.2. The second-order valence-electron chi connectivity index (χ2n) is 6.30. The molecular formula is C15H25N3S.